The minimum Gasteiger partial charge on any atom is -0.444 e. The lowest BCUT2D eigenvalue weighted by atomic mass is 9.96. The molecular formula is C24H41NO3. The molecule has 1 N–H and O–H groups in total. The van der Waals surface area contributed by atoms with Crippen LogP contribution in [-0.2, 0) is 9.53 Å². The average molecular weight is 392 g/mol. The molecule has 160 valence electrons. The lowest BCUT2D eigenvalue weighted by Gasteiger charge is -2.27. The van der Waals surface area contributed by atoms with Crippen molar-refractivity contribution in [3.63, 3.8) is 0 Å². The first kappa shape index (κ1) is 26.2. The van der Waals surface area contributed by atoms with Gasteiger partial charge >= 0.3 is 6.09 Å². The minimum atomic E-state index is -0.916. The predicted molar refractivity (Wildman–Crippen MR) is 118 cm³/mol. The number of hydrogen-bond donors (Lipinski definition) is 1. The van der Waals surface area contributed by atoms with E-state index in [0.717, 1.165) is 38.4 Å². The van der Waals surface area contributed by atoms with Crippen LogP contribution in [0.4, 0.5) is 4.79 Å². The van der Waals surface area contributed by atoms with Gasteiger partial charge in [0.25, 0.3) is 0 Å². The monoisotopic (exact) mass is 391 g/mol. The number of ether oxygens (including phenoxy) is 1. The van der Waals surface area contributed by atoms with Crippen LogP contribution in [0.2, 0.25) is 0 Å². The Morgan fingerprint density at radius 3 is 1.82 bits per heavy atom. The summed E-state index contributed by atoms with van der Waals surface area (Å²) in [6, 6.07) is 0. The van der Waals surface area contributed by atoms with Gasteiger partial charge < -0.3 is 14.8 Å². The third-order valence-electron chi connectivity index (χ3n) is 4.33. The Morgan fingerprint density at radius 2 is 1.36 bits per heavy atom. The van der Waals surface area contributed by atoms with Crippen LogP contribution in [0.5, 0.6) is 0 Å². The van der Waals surface area contributed by atoms with E-state index in [9.17, 15) is 9.59 Å². The van der Waals surface area contributed by atoms with E-state index in [0.29, 0.717) is 6.42 Å². The van der Waals surface area contributed by atoms with Crippen molar-refractivity contribution in [1.29, 1.82) is 0 Å². The van der Waals surface area contributed by atoms with Gasteiger partial charge in [0.2, 0.25) is 0 Å². The zero-order valence-electron chi connectivity index (χ0n) is 19.3. The smallest absolute Gasteiger partial charge is 0.408 e. The van der Waals surface area contributed by atoms with Crippen LogP contribution >= 0.6 is 0 Å². The molecule has 0 rings (SSSR count). The molecule has 0 fully saturated rings. The SMILES string of the molecule is CC(C)=CCC/C(C)=C/CC/C(C)=C/CC[C@@](C)(C=O)NC(=O)OC(C)(C)C. The molecule has 0 heterocycles. The first-order valence-electron chi connectivity index (χ1n) is 10.3. The van der Waals surface area contributed by atoms with Gasteiger partial charge in [-0.1, -0.05) is 34.9 Å². The second-order valence-electron chi connectivity index (χ2n) is 9.16. The Kier molecular flexibility index (Phi) is 11.8. The largest absolute Gasteiger partial charge is 0.444 e. The van der Waals surface area contributed by atoms with Crippen LogP contribution < -0.4 is 5.32 Å². The topological polar surface area (TPSA) is 55.4 Å². The van der Waals surface area contributed by atoms with Crippen molar-refractivity contribution >= 4 is 12.4 Å². The van der Waals surface area contributed by atoms with E-state index < -0.39 is 17.2 Å². The second-order valence-corrected chi connectivity index (χ2v) is 9.16. The number of carbonyl (C=O) groups is 2. The average Bonchev–Trinajstić information content (AvgIpc) is 2.52. The van der Waals surface area contributed by atoms with Crippen molar-refractivity contribution in [3.05, 3.63) is 34.9 Å². The van der Waals surface area contributed by atoms with Gasteiger partial charge in [0, 0.05) is 0 Å². The van der Waals surface area contributed by atoms with Crippen LogP contribution in [0.3, 0.4) is 0 Å². The summed E-state index contributed by atoms with van der Waals surface area (Å²) in [4.78, 5) is 23.4. The van der Waals surface area contributed by atoms with E-state index in [1.807, 2.05) is 0 Å². The second kappa shape index (κ2) is 12.6. The van der Waals surface area contributed by atoms with Gasteiger partial charge in [-0.2, -0.15) is 0 Å². The summed E-state index contributed by atoms with van der Waals surface area (Å²) in [5.74, 6) is 0. The van der Waals surface area contributed by atoms with Gasteiger partial charge in [-0.15, -0.1) is 0 Å². The van der Waals surface area contributed by atoms with Gasteiger partial charge in [0.15, 0.2) is 0 Å². The van der Waals surface area contributed by atoms with Gasteiger partial charge in [0.05, 0.1) is 5.54 Å². The molecule has 0 bridgehead atoms. The molecule has 0 spiro atoms. The lowest BCUT2D eigenvalue weighted by molar-refractivity contribution is -0.113. The zero-order valence-corrected chi connectivity index (χ0v) is 19.3. The maximum absolute atomic E-state index is 11.9. The summed E-state index contributed by atoms with van der Waals surface area (Å²) < 4.78 is 5.24. The molecule has 1 atom stereocenters. The number of hydrogen-bond acceptors (Lipinski definition) is 3. The quantitative estimate of drug-likeness (QED) is 0.316. The summed E-state index contributed by atoms with van der Waals surface area (Å²) in [6.45, 7) is 15.7. The van der Waals surface area contributed by atoms with Crippen LogP contribution in [-0.4, -0.2) is 23.5 Å². The number of amides is 1. The van der Waals surface area contributed by atoms with E-state index in [1.165, 1.54) is 16.7 Å². The summed E-state index contributed by atoms with van der Waals surface area (Å²) >= 11 is 0. The van der Waals surface area contributed by atoms with Gasteiger partial charge in [0.1, 0.15) is 11.9 Å². The predicted octanol–water partition coefficient (Wildman–Crippen LogP) is 6.67. The molecule has 28 heavy (non-hydrogen) atoms. The van der Waals surface area contributed by atoms with Crippen LogP contribution in [0.1, 0.15) is 93.9 Å². The van der Waals surface area contributed by atoms with Crippen molar-refractivity contribution < 1.29 is 14.3 Å². The van der Waals surface area contributed by atoms with E-state index in [1.54, 1.807) is 27.7 Å². The number of alkyl carbamates (subject to hydrolysis) is 1. The highest BCUT2D eigenvalue weighted by molar-refractivity contribution is 5.76. The fraction of sp³-hybridized carbons (Fsp3) is 0.667. The number of nitrogens with one attached hydrogen (secondary N) is 1. The molecule has 0 aromatic carbocycles. The zero-order chi connectivity index (χ0) is 21.8. The van der Waals surface area contributed by atoms with E-state index in [-0.39, 0.29) is 0 Å². The van der Waals surface area contributed by atoms with Gasteiger partial charge in [-0.25, -0.2) is 4.79 Å². The van der Waals surface area contributed by atoms with E-state index in [2.05, 4.69) is 51.2 Å². The molecular weight excluding hydrogens is 350 g/mol. The minimum absolute atomic E-state index is 0.546. The van der Waals surface area contributed by atoms with Crippen molar-refractivity contribution in [2.75, 3.05) is 0 Å². The Bertz CT molecular complexity index is 589. The lowest BCUT2D eigenvalue weighted by Crippen LogP contribution is -2.49. The molecule has 1 amide bonds. The molecule has 0 unspecified atom stereocenters. The standard InChI is InChI=1S/C24H41NO3/c1-19(2)12-9-13-20(3)14-10-15-21(4)16-11-17-24(8,18-26)25-22(27)28-23(5,6)7/h12,14,16,18H,9-11,13,15,17H2,1-8H3,(H,25,27)/b20-14+,21-16+/t24-/m0/s1. The molecule has 0 aromatic heterocycles. The van der Waals surface area contributed by atoms with Crippen LogP contribution in [0.15, 0.2) is 34.9 Å². The molecule has 0 aliphatic rings. The Balaban J connectivity index is 4.40. The Morgan fingerprint density at radius 1 is 0.857 bits per heavy atom. The third kappa shape index (κ3) is 14.2. The molecule has 0 saturated carbocycles. The van der Waals surface area contributed by atoms with Crippen molar-refractivity contribution in [2.24, 2.45) is 0 Å². The Labute approximate surface area is 172 Å². The molecule has 0 aliphatic heterocycles. The van der Waals surface area contributed by atoms with Crippen molar-refractivity contribution in [3.8, 4) is 0 Å². The van der Waals surface area contributed by atoms with E-state index in [4.69, 9.17) is 4.74 Å². The maximum atomic E-state index is 11.9. The molecule has 0 aliphatic carbocycles. The molecule has 4 nitrogen and oxygen atoms in total. The van der Waals surface area contributed by atoms with Crippen LogP contribution in [0.25, 0.3) is 0 Å². The normalized spacial score (nSPS) is 14.9. The number of carbonyl (C=O) groups excluding carboxylic acids is 2. The summed E-state index contributed by atoms with van der Waals surface area (Å²) in [7, 11) is 0. The first-order valence-corrected chi connectivity index (χ1v) is 10.3. The first-order chi connectivity index (χ1) is 12.9. The summed E-state index contributed by atoms with van der Waals surface area (Å²) in [5, 5.41) is 2.69. The number of aldehydes is 1. The number of allylic oxidation sites excluding steroid dienone is 6. The summed E-state index contributed by atoms with van der Waals surface area (Å²) in [6.07, 6.45) is 12.5. The fourth-order valence-electron chi connectivity index (χ4n) is 2.64. The van der Waals surface area contributed by atoms with Crippen molar-refractivity contribution in [2.45, 2.75) is 105 Å². The van der Waals surface area contributed by atoms with Crippen LogP contribution in [0, 0.1) is 0 Å². The fourth-order valence-corrected chi connectivity index (χ4v) is 2.64. The summed E-state index contributed by atoms with van der Waals surface area (Å²) in [5.41, 5.74) is 2.61. The van der Waals surface area contributed by atoms with Crippen molar-refractivity contribution in [1.82, 2.24) is 5.32 Å². The highest BCUT2D eigenvalue weighted by Crippen LogP contribution is 2.16. The molecule has 0 aromatic rings. The van der Waals surface area contributed by atoms with Gasteiger partial charge in [-0.05, 0) is 93.9 Å². The molecule has 0 radical (unpaired) electrons. The number of rotatable bonds is 11. The Hall–Kier alpha value is -1.84. The maximum Gasteiger partial charge on any atom is 0.408 e. The van der Waals surface area contributed by atoms with E-state index >= 15 is 0 Å². The molecule has 4 heteroatoms. The third-order valence-corrected chi connectivity index (χ3v) is 4.33. The highest BCUT2D eigenvalue weighted by atomic mass is 16.6. The molecule has 0 saturated heterocycles. The highest BCUT2D eigenvalue weighted by Gasteiger charge is 2.27. The van der Waals surface area contributed by atoms with Gasteiger partial charge in [-0.3, -0.25) is 0 Å².